The number of para-hydroxylation sites is 1. The number of hydrogen-bond acceptors (Lipinski definition) is 4. The lowest BCUT2D eigenvalue weighted by atomic mass is 10.1. The van der Waals surface area contributed by atoms with Crippen LogP contribution in [0.3, 0.4) is 0 Å². The fourth-order valence-electron chi connectivity index (χ4n) is 3.50. The van der Waals surface area contributed by atoms with Gasteiger partial charge in [-0.15, -0.1) is 0 Å². The van der Waals surface area contributed by atoms with Crippen molar-refractivity contribution < 1.29 is 9.53 Å². The Morgan fingerprint density at radius 2 is 1.69 bits per heavy atom. The van der Waals surface area contributed by atoms with Crippen LogP contribution in [0.4, 0.5) is 0 Å². The van der Waals surface area contributed by atoms with Crippen molar-refractivity contribution in [3.63, 3.8) is 0 Å². The van der Waals surface area contributed by atoms with E-state index in [9.17, 15) is 4.79 Å². The van der Waals surface area contributed by atoms with Gasteiger partial charge in [-0.2, -0.15) is 5.10 Å². The van der Waals surface area contributed by atoms with Crippen molar-refractivity contribution in [3.8, 4) is 5.75 Å². The zero-order valence-corrected chi connectivity index (χ0v) is 16.5. The SMILES string of the molecule is O=C(c1ccc(Cn2cccn2)cc1)N1CCN(CCOc2ccccc2)CC1. The van der Waals surface area contributed by atoms with E-state index in [4.69, 9.17) is 4.74 Å². The zero-order valence-electron chi connectivity index (χ0n) is 16.5. The summed E-state index contributed by atoms with van der Waals surface area (Å²) in [6.45, 7) is 5.50. The van der Waals surface area contributed by atoms with Crippen molar-refractivity contribution in [3.05, 3.63) is 84.2 Å². The third-order valence-corrected chi connectivity index (χ3v) is 5.18. The fraction of sp³-hybridized carbons (Fsp3) is 0.304. The molecule has 1 aromatic heterocycles. The Hall–Kier alpha value is -3.12. The molecule has 1 aliphatic rings. The molecule has 6 nitrogen and oxygen atoms in total. The summed E-state index contributed by atoms with van der Waals surface area (Å²) in [5, 5.41) is 4.22. The number of carbonyl (C=O) groups excluding carboxylic acids is 1. The van der Waals surface area contributed by atoms with Crippen molar-refractivity contribution in [2.45, 2.75) is 6.54 Å². The first kappa shape index (κ1) is 19.2. The average molecular weight is 390 g/mol. The van der Waals surface area contributed by atoms with Crippen molar-refractivity contribution in [1.82, 2.24) is 19.6 Å². The molecule has 2 heterocycles. The van der Waals surface area contributed by atoms with Gasteiger partial charge in [0.1, 0.15) is 12.4 Å². The van der Waals surface area contributed by atoms with Gasteiger partial charge in [0.15, 0.2) is 0 Å². The van der Waals surface area contributed by atoms with E-state index in [0.717, 1.165) is 49.6 Å². The van der Waals surface area contributed by atoms with E-state index in [1.165, 1.54) is 0 Å². The largest absolute Gasteiger partial charge is 0.492 e. The van der Waals surface area contributed by atoms with E-state index < -0.39 is 0 Å². The highest BCUT2D eigenvalue weighted by molar-refractivity contribution is 5.94. The quantitative estimate of drug-likeness (QED) is 0.623. The molecule has 1 aliphatic heterocycles. The van der Waals surface area contributed by atoms with Gasteiger partial charge in [-0.3, -0.25) is 14.4 Å². The van der Waals surface area contributed by atoms with Gasteiger partial charge < -0.3 is 9.64 Å². The summed E-state index contributed by atoms with van der Waals surface area (Å²) in [6.07, 6.45) is 3.70. The minimum Gasteiger partial charge on any atom is -0.492 e. The Balaban J connectivity index is 1.22. The normalized spacial score (nSPS) is 14.7. The summed E-state index contributed by atoms with van der Waals surface area (Å²) >= 11 is 0. The minimum absolute atomic E-state index is 0.107. The summed E-state index contributed by atoms with van der Waals surface area (Å²) in [4.78, 5) is 17.1. The Kier molecular flexibility index (Phi) is 6.22. The van der Waals surface area contributed by atoms with Crippen molar-refractivity contribution in [2.24, 2.45) is 0 Å². The summed E-state index contributed by atoms with van der Waals surface area (Å²) in [5.41, 5.74) is 1.88. The maximum absolute atomic E-state index is 12.8. The first-order valence-electron chi connectivity index (χ1n) is 10.0. The highest BCUT2D eigenvalue weighted by Crippen LogP contribution is 2.12. The Morgan fingerprint density at radius 1 is 0.931 bits per heavy atom. The van der Waals surface area contributed by atoms with Gasteiger partial charge in [0.05, 0.1) is 6.54 Å². The number of nitrogens with zero attached hydrogens (tertiary/aromatic N) is 4. The number of rotatable bonds is 7. The number of hydrogen-bond donors (Lipinski definition) is 0. The van der Waals surface area contributed by atoms with Gasteiger partial charge in [0.2, 0.25) is 0 Å². The standard InChI is InChI=1S/C23H26N4O2/c28-23(21-9-7-20(8-10-21)19-27-12-4-11-24-27)26-15-13-25(14-16-26)17-18-29-22-5-2-1-3-6-22/h1-12H,13-19H2. The molecule has 0 bridgehead atoms. The predicted octanol–water partition coefficient (Wildman–Crippen LogP) is 2.77. The van der Waals surface area contributed by atoms with Gasteiger partial charge in [0.25, 0.3) is 5.91 Å². The van der Waals surface area contributed by atoms with Gasteiger partial charge in [0, 0.05) is 50.7 Å². The van der Waals surface area contributed by atoms with E-state index in [0.29, 0.717) is 13.2 Å². The second-order valence-electron chi connectivity index (χ2n) is 7.20. The van der Waals surface area contributed by atoms with Crippen LogP contribution in [0.15, 0.2) is 73.1 Å². The zero-order chi connectivity index (χ0) is 19.9. The smallest absolute Gasteiger partial charge is 0.253 e. The Bertz CT molecular complexity index is 886. The maximum atomic E-state index is 12.8. The summed E-state index contributed by atoms with van der Waals surface area (Å²) in [7, 11) is 0. The fourth-order valence-corrected chi connectivity index (χ4v) is 3.50. The molecule has 2 aromatic carbocycles. The molecule has 0 N–H and O–H groups in total. The molecular formula is C23H26N4O2. The van der Waals surface area contributed by atoms with Crippen LogP contribution in [-0.2, 0) is 6.54 Å². The third-order valence-electron chi connectivity index (χ3n) is 5.18. The molecular weight excluding hydrogens is 364 g/mol. The first-order chi connectivity index (χ1) is 14.3. The number of ether oxygens (including phenoxy) is 1. The lowest BCUT2D eigenvalue weighted by Gasteiger charge is -2.34. The van der Waals surface area contributed by atoms with Crippen molar-refractivity contribution in [2.75, 3.05) is 39.3 Å². The number of piperazine rings is 1. The molecule has 0 unspecified atom stereocenters. The van der Waals surface area contributed by atoms with E-state index in [1.807, 2.05) is 76.4 Å². The average Bonchev–Trinajstić information content (AvgIpc) is 3.28. The number of carbonyl (C=O) groups is 1. The van der Waals surface area contributed by atoms with Crippen molar-refractivity contribution >= 4 is 5.91 Å². The maximum Gasteiger partial charge on any atom is 0.253 e. The highest BCUT2D eigenvalue weighted by atomic mass is 16.5. The van der Waals surface area contributed by atoms with Crippen LogP contribution >= 0.6 is 0 Å². The van der Waals surface area contributed by atoms with Crippen LogP contribution in [0, 0.1) is 0 Å². The molecule has 29 heavy (non-hydrogen) atoms. The lowest BCUT2D eigenvalue weighted by molar-refractivity contribution is 0.0620. The number of benzene rings is 2. The van der Waals surface area contributed by atoms with Crippen LogP contribution in [-0.4, -0.2) is 64.8 Å². The Labute approximate surface area is 171 Å². The van der Waals surface area contributed by atoms with Crippen LogP contribution in [0.2, 0.25) is 0 Å². The molecule has 0 radical (unpaired) electrons. The summed E-state index contributed by atoms with van der Waals surface area (Å²) in [5.74, 6) is 1.01. The molecule has 0 atom stereocenters. The molecule has 6 heteroatoms. The second-order valence-corrected chi connectivity index (χ2v) is 7.20. The molecule has 3 aromatic rings. The third kappa shape index (κ3) is 5.23. The molecule has 4 rings (SSSR count). The van der Waals surface area contributed by atoms with E-state index in [1.54, 1.807) is 6.20 Å². The van der Waals surface area contributed by atoms with Crippen molar-refractivity contribution in [1.29, 1.82) is 0 Å². The van der Waals surface area contributed by atoms with E-state index in [2.05, 4.69) is 10.00 Å². The van der Waals surface area contributed by atoms with Crippen LogP contribution < -0.4 is 4.74 Å². The van der Waals surface area contributed by atoms with Crippen LogP contribution in [0.5, 0.6) is 5.75 Å². The molecule has 1 saturated heterocycles. The first-order valence-corrected chi connectivity index (χ1v) is 10.0. The lowest BCUT2D eigenvalue weighted by Crippen LogP contribution is -2.49. The predicted molar refractivity (Wildman–Crippen MR) is 112 cm³/mol. The molecule has 0 saturated carbocycles. The topological polar surface area (TPSA) is 50.6 Å². The summed E-state index contributed by atoms with van der Waals surface area (Å²) < 4.78 is 7.65. The van der Waals surface area contributed by atoms with E-state index >= 15 is 0 Å². The van der Waals surface area contributed by atoms with Crippen LogP contribution in [0.1, 0.15) is 15.9 Å². The summed E-state index contributed by atoms with van der Waals surface area (Å²) in [6, 6.07) is 19.6. The molecule has 150 valence electrons. The molecule has 0 spiro atoms. The number of aromatic nitrogens is 2. The molecule has 1 amide bonds. The van der Waals surface area contributed by atoms with Gasteiger partial charge in [-0.05, 0) is 35.9 Å². The van der Waals surface area contributed by atoms with Gasteiger partial charge in [-0.25, -0.2) is 0 Å². The minimum atomic E-state index is 0.107. The highest BCUT2D eigenvalue weighted by Gasteiger charge is 2.22. The second kappa shape index (κ2) is 9.39. The van der Waals surface area contributed by atoms with E-state index in [-0.39, 0.29) is 5.91 Å². The Morgan fingerprint density at radius 3 is 2.38 bits per heavy atom. The van der Waals surface area contributed by atoms with Gasteiger partial charge >= 0.3 is 0 Å². The van der Waals surface area contributed by atoms with Gasteiger partial charge in [-0.1, -0.05) is 30.3 Å². The number of amides is 1. The molecule has 1 fully saturated rings. The monoisotopic (exact) mass is 390 g/mol. The van der Waals surface area contributed by atoms with Crippen LogP contribution in [0.25, 0.3) is 0 Å². The molecule has 0 aliphatic carbocycles.